The average molecular weight is 1160 g/mol. The zero-order valence-electron chi connectivity index (χ0n) is 51.4. The van der Waals surface area contributed by atoms with Gasteiger partial charge in [-0.2, -0.15) is 0 Å². The highest BCUT2D eigenvalue weighted by Crippen LogP contribution is 2.26. The number of esters is 3. The third-order valence-corrected chi connectivity index (χ3v) is 13.4. The zero-order valence-corrected chi connectivity index (χ0v) is 51.4. The van der Waals surface area contributed by atoms with Crippen LogP contribution in [-0.2, 0) is 42.9 Å². The largest absolute Gasteiger partial charge is 0.479 e. The first kappa shape index (κ1) is 75.6. The number of allylic oxidation sites excluding steroid dienone is 24. The molecule has 3 N–H and O–H groups in total. The molecule has 6 atom stereocenters. The third kappa shape index (κ3) is 46.6. The van der Waals surface area contributed by atoms with Gasteiger partial charge in [-0.3, -0.25) is 14.4 Å². The molecule has 0 spiro atoms. The van der Waals surface area contributed by atoms with Gasteiger partial charge in [0.25, 0.3) is 0 Å². The van der Waals surface area contributed by atoms with Crippen molar-refractivity contribution in [2.45, 2.75) is 263 Å². The van der Waals surface area contributed by atoms with Crippen molar-refractivity contribution in [3.8, 4) is 0 Å². The molecule has 0 bridgehead atoms. The second-order valence-electron chi connectivity index (χ2n) is 20.9. The number of aliphatic hydroxyl groups excluding tert-OH is 2. The molecule has 466 valence electrons. The van der Waals surface area contributed by atoms with E-state index < -0.39 is 67.3 Å². The Morgan fingerprint density at radius 3 is 1.17 bits per heavy atom. The average Bonchev–Trinajstić information content (AvgIpc) is 3.58. The van der Waals surface area contributed by atoms with E-state index in [1.165, 1.54) is 19.3 Å². The van der Waals surface area contributed by atoms with Crippen molar-refractivity contribution in [2.24, 2.45) is 0 Å². The summed E-state index contributed by atoms with van der Waals surface area (Å²) in [6.45, 7) is 5.67. The van der Waals surface area contributed by atoms with Gasteiger partial charge in [0.1, 0.15) is 18.8 Å². The normalized spacial score (nSPS) is 18.6. The van der Waals surface area contributed by atoms with Gasteiger partial charge in [-0.1, -0.05) is 212 Å². The van der Waals surface area contributed by atoms with E-state index in [1.54, 1.807) is 0 Å². The topological polar surface area (TPSA) is 175 Å². The molecule has 1 rings (SSSR count). The van der Waals surface area contributed by atoms with E-state index >= 15 is 0 Å². The number of carboxylic acid groups (broad SMARTS) is 1. The molecule has 83 heavy (non-hydrogen) atoms. The highest BCUT2D eigenvalue weighted by Gasteiger charge is 2.50. The second kappa shape index (κ2) is 57.1. The molecule has 1 saturated heterocycles. The van der Waals surface area contributed by atoms with Gasteiger partial charge in [0.15, 0.2) is 24.6 Å². The van der Waals surface area contributed by atoms with Crippen molar-refractivity contribution >= 4 is 23.9 Å². The van der Waals surface area contributed by atoms with Crippen LogP contribution in [0, 0.1) is 0 Å². The summed E-state index contributed by atoms with van der Waals surface area (Å²) < 4.78 is 28.4. The molecule has 12 nitrogen and oxygen atoms in total. The predicted octanol–water partition coefficient (Wildman–Crippen LogP) is 17.1. The maximum atomic E-state index is 13.2. The molecule has 1 aliphatic heterocycles. The first-order valence-corrected chi connectivity index (χ1v) is 31.8. The zero-order chi connectivity index (χ0) is 60.3. The summed E-state index contributed by atoms with van der Waals surface area (Å²) in [5, 5.41) is 31.6. The number of hydrogen-bond donors (Lipinski definition) is 3. The SMILES string of the molecule is CC/C=C\C/C=C\C/C=C\C/C=C\C/C=C\CCCCCC(=O)OCC(COC1OC(C(=O)O)C(O)C(O)C1OC(=O)CCCCCCC/C=C\C/C=C\CCCCC)OC(=O)CCCCC/C=C\C/C=C\C/C=C\C/C=C\C/C=C\CC. The number of rotatable bonds is 52. The Labute approximate surface area is 502 Å². The molecule has 1 fully saturated rings. The lowest BCUT2D eigenvalue weighted by molar-refractivity contribution is -0.301. The van der Waals surface area contributed by atoms with Gasteiger partial charge < -0.3 is 39.0 Å². The number of carbonyl (C=O) groups excluding carboxylic acids is 3. The van der Waals surface area contributed by atoms with Crippen LogP contribution in [0.3, 0.4) is 0 Å². The van der Waals surface area contributed by atoms with E-state index in [9.17, 15) is 34.5 Å². The van der Waals surface area contributed by atoms with Gasteiger partial charge in [-0.15, -0.1) is 0 Å². The maximum absolute atomic E-state index is 13.2. The lowest BCUT2D eigenvalue weighted by atomic mass is 9.98. The highest BCUT2D eigenvalue weighted by atomic mass is 16.7. The number of carboxylic acids is 1. The third-order valence-electron chi connectivity index (χ3n) is 13.4. The maximum Gasteiger partial charge on any atom is 0.335 e. The van der Waals surface area contributed by atoms with Crippen molar-refractivity contribution < 1.29 is 58.2 Å². The summed E-state index contributed by atoms with van der Waals surface area (Å²) in [4.78, 5) is 51.3. The first-order chi connectivity index (χ1) is 40.6. The van der Waals surface area contributed by atoms with Crippen LogP contribution in [0.4, 0.5) is 0 Å². The van der Waals surface area contributed by atoms with Gasteiger partial charge >= 0.3 is 23.9 Å². The Morgan fingerprint density at radius 1 is 0.410 bits per heavy atom. The standard InChI is InChI=1S/C71H110O12/c1-4-7-10-13-16-19-22-25-28-30-32-34-37-39-42-45-48-51-54-57-63(72)79-60-62(81-64(73)58-55-52-49-46-43-41-38-35-33-31-29-26-23-20-17-14-11-8-5-2)61-80-71-69(67(76)66(75)68(83-71)70(77)78)82-65(74)59-56-53-50-47-44-40-36-27-24-21-18-15-12-9-6-3/h7-8,10-11,16-21,25-29,32-36,39,41-43,62,66-69,71,75-76H,4-6,9,12-15,22-24,30-31,37-38,40,44-61H2,1-3H3,(H,77,78)/b10-7-,11-8-,19-16-,20-17-,21-18-,28-25-,29-26-,34-32-,35-33-,36-27-,42-39-,43-41-. The van der Waals surface area contributed by atoms with Crippen LogP contribution in [0.5, 0.6) is 0 Å². The van der Waals surface area contributed by atoms with E-state index in [0.717, 1.165) is 148 Å². The van der Waals surface area contributed by atoms with Gasteiger partial charge in [0, 0.05) is 19.3 Å². The number of aliphatic carboxylic acids is 1. The highest BCUT2D eigenvalue weighted by molar-refractivity contribution is 5.74. The molecule has 0 aromatic carbocycles. The minimum absolute atomic E-state index is 0.0285. The Bertz CT molecular complexity index is 2000. The molecule has 1 aliphatic rings. The molecule has 0 aromatic heterocycles. The molecule has 12 heteroatoms. The Kier molecular flexibility index (Phi) is 52.0. The van der Waals surface area contributed by atoms with Crippen LogP contribution in [-0.4, -0.2) is 89.2 Å². The Hall–Kier alpha value is -5.40. The van der Waals surface area contributed by atoms with E-state index in [2.05, 4.69) is 167 Å². The molecule has 0 radical (unpaired) electrons. The van der Waals surface area contributed by atoms with Crippen molar-refractivity contribution in [1.82, 2.24) is 0 Å². The summed E-state index contributed by atoms with van der Waals surface area (Å²) >= 11 is 0. The smallest absolute Gasteiger partial charge is 0.335 e. The van der Waals surface area contributed by atoms with Crippen LogP contribution in [0.1, 0.15) is 226 Å². The van der Waals surface area contributed by atoms with Crippen molar-refractivity contribution in [1.29, 1.82) is 0 Å². The quantitative estimate of drug-likeness (QED) is 0.0228. The summed E-state index contributed by atoms with van der Waals surface area (Å²) in [5.74, 6) is -3.25. The van der Waals surface area contributed by atoms with E-state index in [0.29, 0.717) is 19.3 Å². The van der Waals surface area contributed by atoms with Gasteiger partial charge in [0.05, 0.1) is 6.61 Å². The summed E-state index contributed by atoms with van der Waals surface area (Å²) in [6.07, 6.45) is 69.4. The van der Waals surface area contributed by atoms with Crippen LogP contribution in [0.15, 0.2) is 146 Å². The minimum atomic E-state index is -1.93. The van der Waals surface area contributed by atoms with Crippen molar-refractivity contribution in [3.05, 3.63) is 146 Å². The van der Waals surface area contributed by atoms with Crippen LogP contribution in [0.2, 0.25) is 0 Å². The van der Waals surface area contributed by atoms with Crippen molar-refractivity contribution in [3.63, 3.8) is 0 Å². The molecular formula is C71H110O12. The second-order valence-corrected chi connectivity index (χ2v) is 20.9. The first-order valence-electron chi connectivity index (χ1n) is 31.8. The number of ether oxygens (including phenoxy) is 5. The molecule has 0 saturated carbocycles. The van der Waals surface area contributed by atoms with Gasteiger partial charge in [-0.05, 0) is 141 Å². The fourth-order valence-electron chi connectivity index (χ4n) is 8.57. The molecule has 0 amide bonds. The van der Waals surface area contributed by atoms with Gasteiger partial charge in [0.2, 0.25) is 0 Å². The van der Waals surface area contributed by atoms with E-state index in [1.807, 2.05) is 0 Å². The van der Waals surface area contributed by atoms with Crippen molar-refractivity contribution in [2.75, 3.05) is 13.2 Å². The molecule has 1 heterocycles. The predicted molar refractivity (Wildman–Crippen MR) is 339 cm³/mol. The molecule has 0 aromatic rings. The number of unbranched alkanes of at least 4 members (excludes halogenated alkanes) is 14. The number of carbonyl (C=O) groups is 4. The summed E-state index contributed by atoms with van der Waals surface area (Å²) in [6, 6.07) is 0. The Balaban J connectivity index is 2.75. The molecule has 6 unspecified atom stereocenters. The molecule has 0 aliphatic carbocycles. The summed E-state index contributed by atoms with van der Waals surface area (Å²) in [7, 11) is 0. The molecular weight excluding hydrogens is 1040 g/mol. The van der Waals surface area contributed by atoms with Gasteiger partial charge in [-0.25, -0.2) is 4.79 Å². The van der Waals surface area contributed by atoms with E-state index in [4.69, 9.17) is 23.7 Å². The minimum Gasteiger partial charge on any atom is -0.479 e. The fourth-order valence-corrected chi connectivity index (χ4v) is 8.57. The van der Waals surface area contributed by atoms with Crippen LogP contribution in [0.25, 0.3) is 0 Å². The lowest BCUT2D eigenvalue weighted by Crippen LogP contribution is -2.61. The van der Waals surface area contributed by atoms with E-state index in [-0.39, 0.29) is 25.9 Å². The summed E-state index contributed by atoms with van der Waals surface area (Å²) in [5.41, 5.74) is 0. The fraction of sp³-hybridized carbons (Fsp3) is 0.606. The monoisotopic (exact) mass is 1150 g/mol. The van der Waals surface area contributed by atoms with Crippen LogP contribution >= 0.6 is 0 Å². The lowest BCUT2D eigenvalue weighted by Gasteiger charge is -2.40. The Morgan fingerprint density at radius 2 is 0.759 bits per heavy atom. The number of aliphatic hydroxyl groups is 2. The van der Waals surface area contributed by atoms with Crippen LogP contribution < -0.4 is 0 Å². The number of hydrogen-bond acceptors (Lipinski definition) is 11.